The van der Waals surface area contributed by atoms with Crippen molar-refractivity contribution in [2.45, 2.75) is 25.9 Å². The molecule has 0 aliphatic carbocycles. The third-order valence-electron chi connectivity index (χ3n) is 2.11. The minimum atomic E-state index is -0.208. The Labute approximate surface area is 89.6 Å². The molecular weight excluding hydrogens is 194 g/mol. The van der Waals surface area contributed by atoms with Crippen molar-refractivity contribution in [2.75, 3.05) is 13.7 Å². The number of hydrogen-bond donors (Lipinski definition) is 1. The maximum Gasteiger partial charge on any atom is 0.220 e. The Morgan fingerprint density at radius 1 is 1.67 bits per heavy atom. The van der Waals surface area contributed by atoms with E-state index in [1.165, 1.54) is 0 Å². The van der Waals surface area contributed by atoms with Crippen LogP contribution in [0.15, 0.2) is 22.8 Å². The highest BCUT2D eigenvalue weighted by Gasteiger charge is 2.13. The third kappa shape index (κ3) is 3.75. The summed E-state index contributed by atoms with van der Waals surface area (Å²) in [5.41, 5.74) is 0. The van der Waals surface area contributed by atoms with Gasteiger partial charge in [0.15, 0.2) is 0 Å². The van der Waals surface area contributed by atoms with E-state index in [-0.39, 0.29) is 12.0 Å². The van der Waals surface area contributed by atoms with Gasteiger partial charge in [-0.2, -0.15) is 0 Å². The van der Waals surface area contributed by atoms with Crippen LogP contribution in [0.4, 0.5) is 0 Å². The second kappa shape index (κ2) is 6.24. The number of rotatable bonds is 6. The van der Waals surface area contributed by atoms with Gasteiger partial charge in [0.25, 0.3) is 0 Å². The van der Waals surface area contributed by atoms with Gasteiger partial charge in [0.05, 0.1) is 12.8 Å². The van der Waals surface area contributed by atoms with Gasteiger partial charge in [0, 0.05) is 13.5 Å². The summed E-state index contributed by atoms with van der Waals surface area (Å²) in [6.45, 7) is 2.42. The molecule has 0 fully saturated rings. The Morgan fingerprint density at radius 3 is 3.00 bits per heavy atom. The molecule has 0 aliphatic heterocycles. The van der Waals surface area contributed by atoms with Gasteiger partial charge in [-0.1, -0.05) is 6.92 Å². The quantitative estimate of drug-likeness (QED) is 0.781. The summed E-state index contributed by atoms with van der Waals surface area (Å²) < 4.78 is 10.4. The zero-order chi connectivity index (χ0) is 11.1. The predicted octanol–water partition coefficient (Wildman–Crippen LogP) is 1.88. The highest BCUT2D eigenvalue weighted by molar-refractivity contribution is 5.75. The summed E-state index contributed by atoms with van der Waals surface area (Å²) in [4.78, 5) is 11.2. The lowest BCUT2D eigenvalue weighted by Crippen LogP contribution is -2.28. The number of ether oxygens (including phenoxy) is 1. The Kier molecular flexibility index (Phi) is 4.90. The molecule has 0 saturated heterocycles. The van der Waals surface area contributed by atoms with Crippen LogP contribution in [0.2, 0.25) is 0 Å². The van der Waals surface area contributed by atoms with Crippen LogP contribution in [0, 0.1) is 0 Å². The molecule has 1 rings (SSSR count). The van der Waals surface area contributed by atoms with E-state index in [1.54, 1.807) is 19.4 Å². The molecular formula is C11H17NO3. The van der Waals surface area contributed by atoms with Crippen molar-refractivity contribution in [3.05, 3.63) is 24.2 Å². The maximum absolute atomic E-state index is 11.2. The Balaban J connectivity index is 2.38. The van der Waals surface area contributed by atoms with Crippen LogP contribution in [-0.2, 0) is 9.53 Å². The Morgan fingerprint density at radius 2 is 2.47 bits per heavy atom. The fraction of sp³-hybridized carbons (Fsp3) is 0.545. The number of furan rings is 1. The Hall–Kier alpha value is -1.29. The smallest absolute Gasteiger partial charge is 0.220 e. The summed E-state index contributed by atoms with van der Waals surface area (Å²) in [6, 6.07) is 3.63. The first-order valence-corrected chi connectivity index (χ1v) is 5.10. The standard InChI is InChI=1S/C11H17NO3/c1-3-5-11(13)12-8-10(14-2)9-6-4-7-15-9/h4,6-7,10H,3,5,8H2,1-2H3,(H,12,13). The summed E-state index contributed by atoms with van der Waals surface area (Å²) >= 11 is 0. The van der Waals surface area contributed by atoms with E-state index in [2.05, 4.69) is 5.32 Å². The average Bonchev–Trinajstić information content (AvgIpc) is 2.72. The molecule has 0 radical (unpaired) electrons. The molecule has 84 valence electrons. The van der Waals surface area contributed by atoms with Crippen molar-refractivity contribution in [3.8, 4) is 0 Å². The van der Waals surface area contributed by atoms with E-state index >= 15 is 0 Å². The van der Waals surface area contributed by atoms with E-state index in [4.69, 9.17) is 9.15 Å². The van der Waals surface area contributed by atoms with Crippen molar-refractivity contribution in [1.29, 1.82) is 0 Å². The predicted molar refractivity (Wildman–Crippen MR) is 56.4 cm³/mol. The second-order valence-electron chi connectivity index (χ2n) is 3.29. The Bertz CT molecular complexity index is 282. The number of carbonyl (C=O) groups excluding carboxylic acids is 1. The molecule has 0 aliphatic rings. The zero-order valence-corrected chi connectivity index (χ0v) is 9.16. The molecule has 1 atom stereocenters. The summed E-state index contributed by atoms with van der Waals surface area (Å²) in [5.74, 6) is 0.778. The highest BCUT2D eigenvalue weighted by atomic mass is 16.5. The van der Waals surface area contributed by atoms with E-state index in [0.29, 0.717) is 13.0 Å². The van der Waals surface area contributed by atoms with Gasteiger partial charge in [0.2, 0.25) is 5.91 Å². The van der Waals surface area contributed by atoms with E-state index in [9.17, 15) is 4.79 Å². The molecule has 15 heavy (non-hydrogen) atoms. The molecule has 0 saturated carbocycles. The SMILES string of the molecule is CCCC(=O)NCC(OC)c1ccco1. The summed E-state index contributed by atoms with van der Waals surface area (Å²) in [7, 11) is 1.60. The van der Waals surface area contributed by atoms with Crippen LogP contribution in [0.5, 0.6) is 0 Å². The van der Waals surface area contributed by atoms with Crippen LogP contribution < -0.4 is 5.32 Å². The molecule has 1 aromatic rings. The molecule has 1 aromatic heterocycles. The van der Waals surface area contributed by atoms with Gasteiger partial charge in [-0.3, -0.25) is 4.79 Å². The molecule has 1 N–H and O–H groups in total. The van der Waals surface area contributed by atoms with Gasteiger partial charge in [-0.15, -0.1) is 0 Å². The molecule has 1 unspecified atom stereocenters. The lowest BCUT2D eigenvalue weighted by molar-refractivity contribution is -0.121. The number of hydrogen-bond acceptors (Lipinski definition) is 3. The van der Waals surface area contributed by atoms with Gasteiger partial charge in [-0.25, -0.2) is 0 Å². The van der Waals surface area contributed by atoms with Crippen LogP contribution in [-0.4, -0.2) is 19.6 Å². The topological polar surface area (TPSA) is 51.5 Å². The second-order valence-corrected chi connectivity index (χ2v) is 3.29. The van der Waals surface area contributed by atoms with E-state index in [0.717, 1.165) is 12.2 Å². The molecule has 1 heterocycles. The third-order valence-corrected chi connectivity index (χ3v) is 2.11. The lowest BCUT2D eigenvalue weighted by Gasteiger charge is -2.13. The molecule has 4 nitrogen and oxygen atoms in total. The largest absolute Gasteiger partial charge is 0.467 e. The van der Waals surface area contributed by atoms with Crippen LogP contribution >= 0.6 is 0 Å². The van der Waals surface area contributed by atoms with Crippen molar-refractivity contribution >= 4 is 5.91 Å². The summed E-state index contributed by atoms with van der Waals surface area (Å²) in [5, 5.41) is 2.80. The van der Waals surface area contributed by atoms with Crippen LogP contribution in [0.1, 0.15) is 31.6 Å². The monoisotopic (exact) mass is 211 g/mol. The average molecular weight is 211 g/mol. The molecule has 0 aromatic carbocycles. The lowest BCUT2D eigenvalue weighted by atomic mass is 10.2. The first-order chi connectivity index (χ1) is 7.27. The number of methoxy groups -OCH3 is 1. The van der Waals surface area contributed by atoms with Crippen molar-refractivity contribution in [3.63, 3.8) is 0 Å². The zero-order valence-electron chi connectivity index (χ0n) is 9.16. The highest BCUT2D eigenvalue weighted by Crippen LogP contribution is 2.15. The van der Waals surface area contributed by atoms with Crippen LogP contribution in [0.3, 0.4) is 0 Å². The van der Waals surface area contributed by atoms with Gasteiger partial charge < -0.3 is 14.5 Å². The van der Waals surface area contributed by atoms with Crippen molar-refractivity contribution in [1.82, 2.24) is 5.32 Å². The van der Waals surface area contributed by atoms with E-state index < -0.39 is 0 Å². The van der Waals surface area contributed by atoms with Crippen LogP contribution in [0.25, 0.3) is 0 Å². The molecule has 0 spiro atoms. The minimum Gasteiger partial charge on any atom is -0.467 e. The first kappa shape index (κ1) is 11.8. The normalized spacial score (nSPS) is 12.4. The maximum atomic E-state index is 11.2. The molecule has 0 bridgehead atoms. The summed E-state index contributed by atoms with van der Waals surface area (Å²) in [6.07, 6.45) is 2.79. The fourth-order valence-electron chi connectivity index (χ4n) is 1.30. The fourth-order valence-corrected chi connectivity index (χ4v) is 1.30. The number of nitrogens with one attached hydrogen (secondary N) is 1. The van der Waals surface area contributed by atoms with Gasteiger partial charge in [-0.05, 0) is 18.6 Å². The molecule has 4 heteroatoms. The van der Waals surface area contributed by atoms with E-state index in [1.807, 2.05) is 13.0 Å². The number of carbonyl (C=O) groups is 1. The van der Waals surface area contributed by atoms with Crippen molar-refractivity contribution < 1.29 is 13.9 Å². The van der Waals surface area contributed by atoms with Gasteiger partial charge in [0.1, 0.15) is 11.9 Å². The molecule has 1 amide bonds. The first-order valence-electron chi connectivity index (χ1n) is 5.10. The minimum absolute atomic E-state index is 0.0473. The van der Waals surface area contributed by atoms with Crippen molar-refractivity contribution in [2.24, 2.45) is 0 Å². The number of amides is 1. The van der Waals surface area contributed by atoms with Gasteiger partial charge >= 0.3 is 0 Å².